The molecule has 3 heteroatoms. The number of nitrogens with two attached hydrogens (primary N) is 1. The topological polar surface area (TPSA) is 29.3 Å². The zero-order chi connectivity index (χ0) is 13.9. The van der Waals surface area contributed by atoms with Crippen LogP contribution in [0.4, 0.5) is 5.69 Å². The molecule has 0 atom stereocenters. The summed E-state index contributed by atoms with van der Waals surface area (Å²) >= 11 is 1.84. The fourth-order valence-corrected chi connectivity index (χ4v) is 3.92. The van der Waals surface area contributed by atoms with Crippen molar-refractivity contribution in [1.29, 1.82) is 0 Å². The predicted molar refractivity (Wildman–Crippen MR) is 87.4 cm³/mol. The van der Waals surface area contributed by atoms with Crippen LogP contribution in [0.15, 0.2) is 30.3 Å². The fraction of sp³-hybridized carbons (Fsp3) is 0.412. The lowest BCUT2D eigenvalue weighted by atomic mass is 10.1. The molecule has 1 aromatic heterocycles. The van der Waals surface area contributed by atoms with E-state index in [1.165, 1.54) is 45.8 Å². The highest BCUT2D eigenvalue weighted by Crippen LogP contribution is 2.30. The summed E-state index contributed by atoms with van der Waals surface area (Å²) in [6.45, 7) is 5.04. The number of fused-ring (bicyclic) bond motifs is 1. The van der Waals surface area contributed by atoms with E-state index in [0.717, 1.165) is 13.1 Å². The van der Waals surface area contributed by atoms with Crippen LogP contribution in [0.25, 0.3) is 0 Å². The molecule has 1 aromatic carbocycles. The quantitative estimate of drug-likeness (QED) is 0.928. The molecule has 0 amide bonds. The molecule has 0 spiro atoms. The zero-order valence-electron chi connectivity index (χ0n) is 12.1. The van der Waals surface area contributed by atoms with Crippen molar-refractivity contribution in [2.75, 3.05) is 11.4 Å². The second-order valence-electron chi connectivity index (χ2n) is 5.51. The second-order valence-corrected chi connectivity index (χ2v) is 6.85. The lowest BCUT2D eigenvalue weighted by Crippen LogP contribution is -2.23. The zero-order valence-corrected chi connectivity index (χ0v) is 12.9. The lowest BCUT2D eigenvalue weighted by Gasteiger charge is -2.25. The van der Waals surface area contributed by atoms with Crippen LogP contribution in [0.3, 0.4) is 0 Å². The van der Waals surface area contributed by atoms with Gasteiger partial charge in [0.05, 0.1) is 0 Å². The van der Waals surface area contributed by atoms with Gasteiger partial charge in [0.1, 0.15) is 0 Å². The molecule has 20 heavy (non-hydrogen) atoms. The molecule has 2 heterocycles. The molecule has 0 radical (unpaired) electrons. The van der Waals surface area contributed by atoms with Crippen LogP contribution < -0.4 is 10.6 Å². The smallest absolute Gasteiger partial charge is 0.0440 e. The number of hydrogen-bond acceptors (Lipinski definition) is 3. The predicted octanol–water partition coefficient (Wildman–Crippen LogP) is 3.86. The Kier molecular flexibility index (Phi) is 4.08. The van der Waals surface area contributed by atoms with Gasteiger partial charge in [-0.15, -0.1) is 11.3 Å². The van der Waals surface area contributed by atoms with E-state index >= 15 is 0 Å². The van der Waals surface area contributed by atoms with E-state index in [1.54, 1.807) is 0 Å². The van der Waals surface area contributed by atoms with Crippen LogP contribution in [-0.2, 0) is 19.5 Å². The summed E-state index contributed by atoms with van der Waals surface area (Å²) in [5.74, 6) is 0. The van der Waals surface area contributed by atoms with E-state index in [-0.39, 0.29) is 0 Å². The summed E-state index contributed by atoms with van der Waals surface area (Å²) in [6.07, 6.45) is 3.79. The van der Waals surface area contributed by atoms with Crippen LogP contribution in [0.5, 0.6) is 0 Å². The van der Waals surface area contributed by atoms with Crippen LogP contribution in [0.1, 0.15) is 33.7 Å². The number of thiophene rings is 1. The minimum absolute atomic E-state index is 0.655. The van der Waals surface area contributed by atoms with Crippen molar-refractivity contribution in [1.82, 2.24) is 0 Å². The van der Waals surface area contributed by atoms with Crippen molar-refractivity contribution in [3.05, 3.63) is 51.2 Å². The molecule has 0 aliphatic carbocycles. The molecule has 2 N–H and O–H groups in total. The summed E-state index contributed by atoms with van der Waals surface area (Å²) < 4.78 is 0. The fourth-order valence-electron chi connectivity index (χ4n) is 2.98. The van der Waals surface area contributed by atoms with E-state index in [4.69, 9.17) is 5.73 Å². The second kappa shape index (κ2) is 5.98. The Balaban J connectivity index is 1.88. The Morgan fingerprint density at radius 2 is 2.10 bits per heavy atom. The Morgan fingerprint density at radius 3 is 2.90 bits per heavy atom. The molecular weight excluding hydrogens is 264 g/mol. The highest BCUT2D eigenvalue weighted by Gasteiger charge is 2.16. The van der Waals surface area contributed by atoms with E-state index in [1.807, 2.05) is 11.3 Å². The molecule has 1 aliphatic rings. The van der Waals surface area contributed by atoms with Crippen LogP contribution in [-0.4, -0.2) is 6.54 Å². The highest BCUT2D eigenvalue weighted by atomic mass is 32.1. The molecule has 1 aliphatic heterocycles. The minimum atomic E-state index is 0.655. The summed E-state index contributed by atoms with van der Waals surface area (Å²) in [5.41, 5.74) is 10.1. The van der Waals surface area contributed by atoms with E-state index in [0.29, 0.717) is 6.54 Å². The van der Waals surface area contributed by atoms with Crippen LogP contribution in [0, 0.1) is 6.92 Å². The first-order chi connectivity index (χ1) is 9.78. The lowest BCUT2D eigenvalue weighted by molar-refractivity contribution is 0.714. The van der Waals surface area contributed by atoms with Gasteiger partial charge in [0.25, 0.3) is 0 Å². The Labute approximate surface area is 125 Å². The molecule has 0 saturated carbocycles. The van der Waals surface area contributed by atoms with Crippen molar-refractivity contribution in [3.8, 4) is 0 Å². The number of rotatable bonds is 3. The first-order valence-corrected chi connectivity index (χ1v) is 8.20. The first kappa shape index (κ1) is 13.7. The van der Waals surface area contributed by atoms with Crippen molar-refractivity contribution in [2.45, 2.75) is 39.3 Å². The van der Waals surface area contributed by atoms with E-state index in [2.05, 4.69) is 42.2 Å². The van der Waals surface area contributed by atoms with Gasteiger partial charge in [0.2, 0.25) is 0 Å². The first-order valence-electron chi connectivity index (χ1n) is 7.39. The molecular formula is C17H22N2S. The third kappa shape index (κ3) is 2.74. The van der Waals surface area contributed by atoms with Gasteiger partial charge in [-0.05, 0) is 49.4 Å². The maximum atomic E-state index is 5.76. The summed E-state index contributed by atoms with van der Waals surface area (Å²) in [6, 6.07) is 11.1. The molecule has 0 saturated heterocycles. The number of aryl methyl sites for hydroxylation is 2. The van der Waals surface area contributed by atoms with Gasteiger partial charge in [-0.25, -0.2) is 0 Å². The Morgan fingerprint density at radius 1 is 1.25 bits per heavy atom. The SMILES string of the molecule is Cc1sc(CN)cc1CN1CCCCc2ccccc21. The largest absolute Gasteiger partial charge is 0.367 e. The Bertz CT molecular complexity index is 588. The molecule has 3 rings (SSSR count). The van der Waals surface area contributed by atoms with Crippen molar-refractivity contribution >= 4 is 17.0 Å². The van der Waals surface area contributed by atoms with E-state index < -0.39 is 0 Å². The van der Waals surface area contributed by atoms with Gasteiger partial charge in [-0.1, -0.05) is 18.2 Å². The van der Waals surface area contributed by atoms with Gasteiger partial charge >= 0.3 is 0 Å². The summed E-state index contributed by atoms with van der Waals surface area (Å²) in [4.78, 5) is 5.24. The average Bonchev–Trinajstić information content (AvgIpc) is 2.70. The third-order valence-corrected chi connectivity index (χ3v) is 5.21. The number of hydrogen-bond donors (Lipinski definition) is 1. The molecule has 0 fully saturated rings. The van der Waals surface area contributed by atoms with Crippen LogP contribution in [0.2, 0.25) is 0 Å². The third-order valence-electron chi connectivity index (χ3n) is 4.09. The highest BCUT2D eigenvalue weighted by molar-refractivity contribution is 7.12. The van der Waals surface area contributed by atoms with Gasteiger partial charge in [-0.2, -0.15) is 0 Å². The van der Waals surface area contributed by atoms with Crippen molar-refractivity contribution < 1.29 is 0 Å². The molecule has 0 bridgehead atoms. The summed E-state index contributed by atoms with van der Waals surface area (Å²) in [5, 5.41) is 0. The molecule has 0 unspecified atom stereocenters. The van der Waals surface area contributed by atoms with E-state index in [9.17, 15) is 0 Å². The van der Waals surface area contributed by atoms with Crippen molar-refractivity contribution in [3.63, 3.8) is 0 Å². The maximum Gasteiger partial charge on any atom is 0.0440 e. The minimum Gasteiger partial charge on any atom is -0.367 e. The van der Waals surface area contributed by atoms with Gasteiger partial charge < -0.3 is 10.6 Å². The molecule has 2 aromatic rings. The normalized spacial score (nSPS) is 15.0. The maximum absolute atomic E-state index is 5.76. The standard InChI is InChI=1S/C17H22N2S/c1-13-15(10-16(11-18)20-13)12-19-9-5-4-7-14-6-2-3-8-17(14)19/h2-3,6,8,10H,4-5,7,9,11-12,18H2,1H3. The van der Waals surface area contributed by atoms with Gasteiger partial charge in [-0.3, -0.25) is 0 Å². The number of para-hydroxylation sites is 1. The summed E-state index contributed by atoms with van der Waals surface area (Å²) in [7, 11) is 0. The van der Waals surface area contributed by atoms with Gasteiger partial charge in [0.15, 0.2) is 0 Å². The Hall–Kier alpha value is -1.32. The number of nitrogens with zero attached hydrogens (tertiary/aromatic N) is 1. The van der Waals surface area contributed by atoms with Gasteiger partial charge in [0, 0.05) is 35.1 Å². The monoisotopic (exact) mass is 286 g/mol. The molecule has 2 nitrogen and oxygen atoms in total. The van der Waals surface area contributed by atoms with Crippen molar-refractivity contribution in [2.24, 2.45) is 5.73 Å². The van der Waals surface area contributed by atoms with Crippen LogP contribution >= 0.6 is 11.3 Å². The average molecular weight is 286 g/mol. The number of anilines is 1. The molecule has 106 valence electrons. The number of benzene rings is 1.